The van der Waals surface area contributed by atoms with Gasteiger partial charge in [-0.15, -0.1) is 0 Å². The number of rotatable bonds is 4. The van der Waals surface area contributed by atoms with Crippen LogP contribution in [0.4, 0.5) is 0 Å². The molecule has 2 N–H and O–H groups in total. The van der Waals surface area contributed by atoms with E-state index in [1.807, 2.05) is 18.7 Å². The number of nitrogens with two attached hydrogens (primary N) is 1. The summed E-state index contributed by atoms with van der Waals surface area (Å²) in [5, 5.41) is 0. The van der Waals surface area contributed by atoms with Gasteiger partial charge in [0.05, 0.1) is 6.04 Å². The van der Waals surface area contributed by atoms with Gasteiger partial charge in [0.15, 0.2) is 0 Å². The molecule has 1 saturated carbocycles. The van der Waals surface area contributed by atoms with Crippen LogP contribution in [0.2, 0.25) is 0 Å². The Bertz CT molecular complexity index is 188. The van der Waals surface area contributed by atoms with Crippen LogP contribution >= 0.6 is 0 Å². The maximum absolute atomic E-state index is 11.9. The molecule has 1 rings (SSSR count). The molecule has 0 unspecified atom stereocenters. The van der Waals surface area contributed by atoms with Gasteiger partial charge >= 0.3 is 0 Å². The fourth-order valence-electron chi connectivity index (χ4n) is 2.20. The first-order valence-electron chi connectivity index (χ1n) is 5.76. The minimum absolute atomic E-state index is 0.141. The van der Waals surface area contributed by atoms with Crippen LogP contribution in [0.1, 0.15) is 46.0 Å². The normalized spacial score (nSPS) is 19.6. The van der Waals surface area contributed by atoms with Crippen molar-refractivity contribution in [2.45, 2.75) is 58.0 Å². The van der Waals surface area contributed by atoms with Gasteiger partial charge < -0.3 is 10.6 Å². The molecule has 3 heteroatoms. The minimum Gasteiger partial charge on any atom is -0.339 e. The van der Waals surface area contributed by atoms with Crippen molar-refractivity contribution in [3.05, 3.63) is 0 Å². The van der Waals surface area contributed by atoms with E-state index in [4.69, 9.17) is 5.73 Å². The first kappa shape index (κ1) is 11.5. The second-order valence-corrected chi connectivity index (χ2v) is 4.08. The topological polar surface area (TPSA) is 46.3 Å². The Labute approximate surface area is 86.6 Å². The van der Waals surface area contributed by atoms with Crippen LogP contribution in [0.15, 0.2) is 0 Å². The quantitative estimate of drug-likeness (QED) is 0.744. The van der Waals surface area contributed by atoms with E-state index in [1.54, 1.807) is 0 Å². The van der Waals surface area contributed by atoms with Gasteiger partial charge in [0.2, 0.25) is 5.91 Å². The molecule has 0 aromatic rings. The predicted octanol–water partition coefficient (Wildman–Crippen LogP) is 1.51. The number of hydrogen-bond donors (Lipinski definition) is 1. The molecular weight excluding hydrogens is 176 g/mol. The zero-order chi connectivity index (χ0) is 10.6. The molecule has 0 radical (unpaired) electrons. The molecule has 82 valence electrons. The van der Waals surface area contributed by atoms with E-state index in [1.165, 1.54) is 12.8 Å². The molecular formula is C11H22N2O. The van der Waals surface area contributed by atoms with E-state index in [0.717, 1.165) is 25.8 Å². The minimum atomic E-state index is -0.296. The van der Waals surface area contributed by atoms with E-state index in [-0.39, 0.29) is 11.9 Å². The highest BCUT2D eigenvalue weighted by molar-refractivity contribution is 5.81. The molecule has 14 heavy (non-hydrogen) atoms. The summed E-state index contributed by atoms with van der Waals surface area (Å²) >= 11 is 0. The van der Waals surface area contributed by atoms with Gasteiger partial charge in [-0.3, -0.25) is 4.79 Å². The van der Waals surface area contributed by atoms with Crippen LogP contribution < -0.4 is 5.73 Å². The Kier molecular flexibility index (Phi) is 4.39. The molecule has 3 nitrogen and oxygen atoms in total. The molecule has 0 bridgehead atoms. The summed E-state index contributed by atoms with van der Waals surface area (Å²) in [7, 11) is 0. The second-order valence-electron chi connectivity index (χ2n) is 4.08. The van der Waals surface area contributed by atoms with Crippen LogP contribution in [-0.4, -0.2) is 29.4 Å². The van der Waals surface area contributed by atoms with Gasteiger partial charge in [-0.05, 0) is 26.2 Å². The van der Waals surface area contributed by atoms with Crippen molar-refractivity contribution in [2.24, 2.45) is 5.73 Å². The number of carbonyl (C=O) groups excluding carboxylic acids is 1. The molecule has 0 aromatic heterocycles. The molecule has 0 heterocycles. The van der Waals surface area contributed by atoms with Crippen LogP contribution in [0.25, 0.3) is 0 Å². The van der Waals surface area contributed by atoms with Gasteiger partial charge in [-0.1, -0.05) is 19.8 Å². The van der Waals surface area contributed by atoms with Crippen molar-refractivity contribution < 1.29 is 4.79 Å². The molecule has 1 atom stereocenters. The zero-order valence-electron chi connectivity index (χ0n) is 9.33. The standard InChI is InChI=1S/C11H22N2O/c1-3-10(12)11(14)13(4-2)9-7-5-6-8-9/h9-10H,3-8,12H2,1-2H3/t10-/m1/s1. The average Bonchev–Trinajstić information content (AvgIpc) is 2.71. The van der Waals surface area contributed by atoms with Crippen LogP contribution in [-0.2, 0) is 4.79 Å². The summed E-state index contributed by atoms with van der Waals surface area (Å²) in [5.74, 6) is 0.141. The lowest BCUT2D eigenvalue weighted by Crippen LogP contribution is -2.47. The van der Waals surface area contributed by atoms with E-state index in [9.17, 15) is 4.79 Å². The average molecular weight is 198 g/mol. The Balaban J connectivity index is 2.55. The highest BCUT2D eigenvalue weighted by atomic mass is 16.2. The molecule has 0 saturated heterocycles. The van der Waals surface area contributed by atoms with E-state index in [2.05, 4.69) is 0 Å². The number of amides is 1. The maximum atomic E-state index is 11.9. The Hall–Kier alpha value is -0.570. The van der Waals surface area contributed by atoms with Crippen LogP contribution in [0, 0.1) is 0 Å². The van der Waals surface area contributed by atoms with Crippen molar-refractivity contribution in [3.8, 4) is 0 Å². The number of carbonyl (C=O) groups is 1. The van der Waals surface area contributed by atoms with Crippen molar-refractivity contribution >= 4 is 5.91 Å². The van der Waals surface area contributed by atoms with Gasteiger partial charge in [-0.2, -0.15) is 0 Å². The summed E-state index contributed by atoms with van der Waals surface area (Å²) in [6.45, 7) is 4.81. The first-order valence-corrected chi connectivity index (χ1v) is 5.76. The van der Waals surface area contributed by atoms with Crippen molar-refractivity contribution in [1.29, 1.82) is 0 Å². The Morgan fingerprint density at radius 1 is 1.43 bits per heavy atom. The lowest BCUT2D eigenvalue weighted by molar-refractivity contribution is -0.134. The third-order valence-electron chi connectivity index (χ3n) is 3.15. The van der Waals surface area contributed by atoms with E-state index in [0.29, 0.717) is 6.04 Å². The number of likely N-dealkylation sites (N-methyl/N-ethyl adjacent to an activating group) is 1. The van der Waals surface area contributed by atoms with Crippen molar-refractivity contribution in [1.82, 2.24) is 4.90 Å². The fraction of sp³-hybridized carbons (Fsp3) is 0.909. The van der Waals surface area contributed by atoms with Gasteiger partial charge in [0.25, 0.3) is 0 Å². The Morgan fingerprint density at radius 3 is 2.43 bits per heavy atom. The monoisotopic (exact) mass is 198 g/mol. The molecule has 1 amide bonds. The van der Waals surface area contributed by atoms with Crippen molar-refractivity contribution in [2.75, 3.05) is 6.54 Å². The molecule has 1 fully saturated rings. The maximum Gasteiger partial charge on any atom is 0.239 e. The number of hydrogen-bond acceptors (Lipinski definition) is 2. The molecule has 0 aromatic carbocycles. The number of nitrogens with zero attached hydrogens (tertiary/aromatic N) is 1. The Morgan fingerprint density at radius 2 is 2.00 bits per heavy atom. The summed E-state index contributed by atoms with van der Waals surface area (Å²) in [6.07, 6.45) is 5.58. The summed E-state index contributed by atoms with van der Waals surface area (Å²) in [4.78, 5) is 13.9. The molecule has 1 aliphatic rings. The highest BCUT2D eigenvalue weighted by Crippen LogP contribution is 2.23. The molecule has 0 spiro atoms. The SMILES string of the molecule is CC[C@@H](N)C(=O)N(CC)C1CCCC1. The summed E-state index contributed by atoms with van der Waals surface area (Å²) in [5.41, 5.74) is 5.77. The molecule has 1 aliphatic carbocycles. The largest absolute Gasteiger partial charge is 0.339 e. The summed E-state index contributed by atoms with van der Waals surface area (Å²) in [6, 6.07) is 0.167. The lowest BCUT2D eigenvalue weighted by Gasteiger charge is -2.29. The fourth-order valence-corrected chi connectivity index (χ4v) is 2.20. The van der Waals surface area contributed by atoms with Gasteiger partial charge in [0.1, 0.15) is 0 Å². The lowest BCUT2D eigenvalue weighted by atomic mass is 10.1. The predicted molar refractivity (Wildman–Crippen MR) is 57.9 cm³/mol. The summed E-state index contributed by atoms with van der Waals surface area (Å²) < 4.78 is 0. The smallest absolute Gasteiger partial charge is 0.239 e. The van der Waals surface area contributed by atoms with Crippen LogP contribution in [0.5, 0.6) is 0 Å². The third-order valence-corrected chi connectivity index (χ3v) is 3.15. The van der Waals surface area contributed by atoms with Crippen molar-refractivity contribution in [3.63, 3.8) is 0 Å². The van der Waals surface area contributed by atoms with Gasteiger partial charge in [-0.25, -0.2) is 0 Å². The van der Waals surface area contributed by atoms with Gasteiger partial charge in [0, 0.05) is 12.6 Å². The first-order chi connectivity index (χ1) is 6.70. The second kappa shape index (κ2) is 5.35. The highest BCUT2D eigenvalue weighted by Gasteiger charge is 2.27. The molecule has 0 aliphatic heterocycles. The van der Waals surface area contributed by atoms with E-state index >= 15 is 0 Å². The van der Waals surface area contributed by atoms with Crippen LogP contribution in [0.3, 0.4) is 0 Å². The zero-order valence-corrected chi connectivity index (χ0v) is 9.33. The third kappa shape index (κ3) is 2.47. The van der Waals surface area contributed by atoms with E-state index < -0.39 is 0 Å².